The monoisotopic (exact) mass is 176 g/mol. The van der Waals surface area contributed by atoms with Crippen LogP contribution in [0.2, 0.25) is 0 Å². The number of benzene rings is 1. The van der Waals surface area contributed by atoms with Crippen LogP contribution in [0.1, 0.15) is 37.8 Å². The van der Waals surface area contributed by atoms with Crippen LogP contribution in [0, 0.1) is 5.92 Å². The first-order valence-corrected chi connectivity index (χ1v) is 4.87. The molecule has 0 spiro atoms. The fourth-order valence-electron chi connectivity index (χ4n) is 2.36. The van der Waals surface area contributed by atoms with Gasteiger partial charge in [-0.3, -0.25) is 0 Å². The van der Waals surface area contributed by atoms with Crippen LogP contribution < -0.4 is 0 Å². The third-order valence-electron chi connectivity index (χ3n) is 3.63. The lowest BCUT2D eigenvalue weighted by molar-refractivity contribution is 0.00827. The minimum absolute atomic E-state index is 0.310. The molecular weight excluding hydrogens is 160 g/mol. The molecule has 0 aliphatic heterocycles. The SMILES string of the molecule is CC1c2ccccc2C(C)(O)C1C. The predicted molar refractivity (Wildman–Crippen MR) is 53.6 cm³/mol. The zero-order chi connectivity index (χ0) is 9.64. The molecule has 1 aromatic carbocycles. The smallest absolute Gasteiger partial charge is 0.0902 e. The molecule has 1 aliphatic carbocycles. The highest BCUT2D eigenvalue weighted by Crippen LogP contribution is 2.48. The van der Waals surface area contributed by atoms with Crippen molar-refractivity contribution >= 4 is 0 Å². The summed E-state index contributed by atoms with van der Waals surface area (Å²) in [7, 11) is 0. The van der Waals surface area contributed by atoms with Crippen LogP contribution in [0.3, 0.4) is 0 Å². The Morgan fingerprint density at radius 1 is 1.23 bits per heavy atom. The van der Waals surface area contributed by atoms with Crippen LogP contribution >= 0.6 is 0 Å². The molecule has 1 N–H and O–H groups in total. The van der Waals surface area contributed by atoms with Crippen molar-refractivity contribution in [3.8, 4) is 0 Å². The van der Waals surface area contributed by atoms with E-state index >= 15 is 0 Å². The van der Waals surface area contributed by atoms with Gasteiger partial charge in [0.2, 0.25) is 0 Å². The molecule has 3 atom stereocenters. The fraction of sp³-hybridized carbons (Fsp3) is 0.500. The van der Waals surface area contributed by atoms with Gasteiger partial charge in [0, 0.05) is 0 Å². The molecule has 3 unspecified atom stereocenters. The van der Waals surface area contributed by atoms with Gasteiger partial charge in [-0.05, 0) is 29.9 Å². The first kappa shape index (κ1) is 8.76. The molecule has 13 heavy (non-hydrogen) atoms. The van der Waals surface area contributed by atoms with E-state index in [0.717, 1.165) is 5.56 Å². The van der Waals surface area contributed by atoms with E-state index in [4.69, 9.17) is 0 Å². The van der Waals surface area contributed by atoms with Gasteiger partial charge < -0.3 is 5.11 Å². The average Bonchev–Trinajstić information content (AvgIpc) is 2.30. The van der Waals surface area contributed by atoms with Crippen LogP contribution in [0.5, 0.6) is 0 Å². The molecule has 0 heterocycles. The second-order valence-electron chi connectivity index (χ2n) is 4.31. The first-order chi connectivity index (χ1) is 6.05. The maximum atomic E-state index is 10.3. The third kappa shape index (κ3) is 1.03. The Kier molecular flexibility index (Phi) is 1.74. The maximum Gasteiger partial charge on any atom is 0.0902 e. The third-order valence-corrected chi connectivity index (χ3v) is 3.63. The van der Waals surface area contributed by atoms with Crippen LogP contribution in [0.25, 0.3) is 0 Å². The van der Waals surface area contributed by atoms with E-state index in [1.165, 1.54) is 5.56 Å². The van der Waals surface area contributed by atoms with E-state index in [9.17, 15) is 5.11 Å². The Hall–Kier alpha value is -0.820. The molecule has 0 radical (unpaired) electrons. The standard InChI is InChI=1S/C12H16O/c1-8-9(2)12(3,13)11-7-5-4-6-10(8)11/h4-9,13H,1-3H3. The summed E-state index contributed by atoms with van der Waals surface area (Å²) in [6.45, 7) is 6.22. The van der Waals surface area contributed by atoms with Crippen LogP contribution in [-0.2, 0) is 5.60 Å². The van der Waals surface area contributed by atoms with Crippen molar-refractivity contribution in [2.24, 2.45) is 5.92 Å². The maximum absolute atomic E-state index is 10.3. The zero-order valence-electron chi connectivity index (χ0n) is 8.41. The number of aliphatic hydroxyl groups is 1. The first-order valence-electron chi connectivity index (χ1n) is 4.87. The molecule has 0 saturated carbocycles. The highest BCUT2D eigenvalue weighted by atomic mass is 16.3. The van der Waals surface area contributed by atoms with Crippen molar-refractivity contribution in [1.82, 2.24) is 0 Å². The summed E-state index contributed by atoms with van der Waals surface area (Å²) < 4.78 is 0. The summed E-state index contributed by atoms with van der Waals surface area (Å²) in [5.41, 5.74) is 1.77. The van der Waals surface area contributed by atoms with E-state index in [0.29, 0.717) is 11.8 Å². The van der Waals surface area contributed by atoms with Crippen LogP contribution in [-0.4, -0.2) is 5.11 Å². The average molecular weight is 176 g/mol. The van der Waals surface area contributed by atoms with Gasteiger partial charge >= 0.3 is 0 Å². The molecule has 0 aromatic heterocycles. The van der Waals surface area contributed by atoms with E-state index in [1.54, 1.807) is 0 Å². The van der Waals surface area contributed by atoms with Gasteiger partial charge in [-0.25, -0.2) is 0 Å². The van der Waals surface area contributed by atoms with Crippen LogP contribution in [0.4, 0.5) is 0 Å². The van der Waals surface area contributed by atoms with Crippen molar-refractivity contribution in [2.45, 2.75) is 32.3 Å². The number of fused-ring (bicyclic) bond motifs is 1. The molecule has 0 bridgehead atoms. The second kappa shape index (κ2) is 2.58. The molecule has 2 rings (SSSR count). The molecule has 1 nitrogen and oxygen atoms in total. The van der Waals surface area contributed by atoms with E-state index in [-0.39, 0.29) is 0 Å². The lowest BCUT2D eigenvalue weighted by Crippen LogP contribution is -2.25. The molecule has 0 saturated heterocycles. The number of rotatable bonds is 0. The molecular formula is C12H16O. The summed E-state index contributed by atoms with van der Waals surface area (Å²) in [4.78, 5) is 0. The Labute approximate surface area is 79.4 Å². The van der Waals surface area contributed by atoms with Gasteiger partial charge in [-0.1, -0.05) is 38.1 Å². The minimum atomic E-state index is -0.643. The lowest BCUT2D eigenvalue weighted by Gasteiger charge is -2.25. The molecule has 0 fully saturated rings. The topological polar surface area (TPSA) is 20.2 Å². The summed E-state index contributed by atoms with van der Waals surface area (Å²) in [6.07, 6.45) is 0. The lowest BCUT2D eigenvalue weighted by atomic mass is 9.87. The van der Waals surface area contributed by atoms with E-state index in [2.05, 4.69) is 19.9 Å². The highest BCUT2D eigenvalue weighted by Gasteiger charge is 2.42. The van der Waals surface area contributed by atoms with Gasteiger partial charge in [0.1, 0.15) is 0 Å². The predicted octanol–water partition coefficient (Wildman–Crippen LogP) is 2.65. The molecule has 0 amide bonds. The van der Waals surface area contributed by atoms with E-state index < -0.39 is 5.60 Å². The van der Waals surface area contributed by atoms with Gasteiger partial charge in [-0.15, -0.1) is 0 Å². The Morgan fingerprint density at radius 3 is 2.46 bits per heavy atom. The van der Waals surface area contributed by atoms with Gasteiger partial charge in [-0.2, -0.15) is 0 Å². The molecule has 70 valence electrons. The Bertz CT molecular complexity index is 328. The van der Waals surface area contributed by atoms with Gasteiger partial charge in [0.25, 0.3) is 0 Å². The second-order valence-corrected chi connectivity index (χ2v) is 4.31. The van der Waals surface area contributed by atoms with Gasteiger partial charge in [0.05, 0.1) is 5.60 Å². The fourth-order valence-corrected chi connectivity index (χ4v) is 2.36. The largest absolute Gasteiger partial charge is 0.385 e. The number of hydrogen-bond donors (Lipinski definition) is 1. The Balaban J connectivity index is 2.61. The quantitative estimate of drug-likeness (QED) is 0.644. The van der Waals surface area contributed by atoms with Crippen molar-refractivity contribution < 1.29 is 5.11 Å². The van der Waals surface area contributed by atoms with Crippen molar-refractivity contribution in [1.29, 1.82) is 0 Å². The van der Waals surface area contributed by atoms with Crippen LogP contribution in [0.15, 0.2) is 24.3 Å². The molecule has 1 aliphatic rings. The summed E-state index contributed by atoms with van der Waals surface area (Å²) in [5.74, 6) is 0.774. The summed E-state index contributed by atoms with van der Waals surface area (Å²) in [6, 6.07) is 8.20. The van der Waals surface area contributed by atoms with E-state index in [1.807, 2.05) is 25.1 Å². The number of hydrogen-bond acceptors (Lipinski definition) is 1. The van der Waals surface area contributed by atoms with Crippen molar-refractivity contribution in [3.05, 3.63) is 35.4 Å². The zero-order valence-corrected chi connectivity index (χ0v) is 8.41. The molecule has 1 aromatic rings. The van der Waals surface area contributed by atoms with Crippen molar-refractivity contribution in [3.63, 3.8) is 0 Å². The highest BCUT2D eigenvalue weighted by molar-refractivity contribution is 5.40. The van der Waals surface area contributed by atoms with Gasteiger partial charge in [0.15, 0.2) is 0 Å². The summed E-state index contributed by atoms with van der Waals surface area (Å²) >= 11 is 0. The molecule has 1 heteroatoms. The minimum Gasteiger partial charge on any atom is -0.385 e. The normalized spacial score (nSPS) is 37.5. The summed E-state index contributed by atoms with van der Waals surface area (Å²) in [5, 5.41) is 10.3. The van der Waals surface area contributed by atoms with Crippen molar-refractivity contribution in [2.75, 3.05) is 0 Å². The Morgan fingerprint density at radius 2 is 1.85 bits per heavy atom.